The third-order valence-electron chi connectivity index (χ3n) is 3.66. The Morgan fingerprint density at radius 1 is 1.09 bits per heavy atom. The van der Waals surface area contributed by atoms with Gasteiger partial charge in [-0.15, -0.1) is 0 Å². The molecule has 0 aromatic heterocycles. The van der Waals surface area contributed by atoms with Crippen LogP contribution in [-0.4, -0.2) is 13.7 Å². The molecule has 0 N–H and O–H groups in total. The molecular weight excluding hydrogens is 274 g/mol. The van der Waals surface area contributed by atoms with Crippen LogP contribution < -0.4 is 9.47 Å². The molecule has 1 unspecified atom stereocenters. The van der Waals surface area contributed by atoms with Crippen LogP contribution in [0.25, 0.3) is 0 Å². The maximum atomic E-state index is 9.35. The molecule has 3 heteroatoms. The molecule has 0 amide bonds. The van der Waals surface area contributed by atoms with E-state index in [1.807, 2.05) is 36.4 Å². The van der Waals surface area contributed by atoms with Gasteiger partial charge in [0.05, 0.1) is 25.7 Å². The van der Waals surface area contributed by atoms with Crippen LogP contribution in [-0.2, 0) is 6.42 Å². The fourth-order valence-corrected chi connectivity index (χ4v) is 2.29. The molecule has 2 rings (SSSR count). The molecule has 0 spiro atoms. The predicted molar refractivity (Wildman–Crippen MR) is 87.3 cm³/mol. The molecule has 0 fully saturated rings. The van der Waals surface area contributed by atoms with Gasteiger partial charge in [0.15, 0.2) is 0 Å². The first-order valence-electron chi connectivity index (χ1n) is 7.52. The number of ether oxygens (including phenoxy) is 2. The summed E-state index contributed by atoms with van der Waals surface area (Å²) in [6.07, 6.45) is 1.66. The minimum atomic E-state index is -0.166. The molecule has 2 aromatic rings. The molecule has 0 aliphatic heterocycles. The van der Waals surface area contributed by atoms with E-state index in [4.69, 9.17) is 9.47 Å². The van der Waals surface area contributed by atoms with Crippen LogP contribution in [0.5, 0.6) is 11.5 Å². The zero-order chi connectivity index (χ0) is 15.8. The molecule has 3 nitrogen and oxygen atoms in total. The second kappa shape index (κ2) is 8.09. The Morgan fingerprint density at radius 2 is 1.86 bits per heavy atom. The third kappa shape index (κ3) is 4.26. The van der Waals surface area contributed by atoms with E-state index < -0.39 is 0 Å². The van der Waals surface area contributed by atoms with Crippen LogP contribution >= 0.6 is 0 Å². The Labute approximate surface area is 132 Å². The highest BCUT2D eigenvalue weighted by Crippen LogP contribution is 2.22. The van der Waals surface area contributed by atoms with Crippen LogP contribution in [0, 0.1) is 11.3 Å². The van der Waals surface area contributed by atoms with Crippen molar-refractivity contribution in [2.24, 2.45) is 0 Å². The third-order valence-corrected chi connectivity index (χ3v) is 3.66. The minimum absolute atomic E-state index is 0.166. The van der Waals surface area contributed by atoms with Gasteiger partial charge in [-0.3, -0.25) is 0 Å². The highest BCUT2D eigenvalue weighted by molar-refractivity contribution is 5.32. The molecular formula is C19H21NO2. The van der Waals surface area contributed by atoms with Crippen molar-refractivity contribution >= 4 is 0 Å². The summed E-state index contributed by atoms with van der Waals surface area (Å²) in [4.78, 5) is 0. The van der Waals surface area contributed by atoms with Gasteiger partial charge in [-0.05, 0) is 41.8 Å². The Hall–Kier alpha value is -2.47. The molecule has 22 heavy (non-hydrogen) atoms. The standard InChI is InChI=1S/C19H21NO2/c1-3-15-5-4-6-19(13-15)22-12-11-17(14-20)16-7-9-18(21-2)10-8-16/h4-10,13,17H,3,11-12H2,1-2H3. The monoisotopic (exact) mass is 295 g/mol. The first kappa shape index (κ1) is 15.9. The smallest absolute Gasteiger partial charge is 0.119 e. The zero-order valence-electron chi connectivity index (χ0n) is 13.1. The van der Waals surface area contributed by atoms with Crippen molar-refractivity contribution in [3.8, 4) is 17.6 Å². The van der Waals surface area contributed by atoms with Crippen molar-refractivity contribution < 1.29 is 9.47 Å². The lowest BCUT2D eigenvalue weighted by Gasteiger charge is -2.12. The fraction of sp³-hybridized carbons (Fsp3) is 0.316. The first-order chi connectivity index (χ1) is 10.8. The summed E-state index contributed by atoms with van der Waals surface area (Å²) in [6.45, 7) is 2.64. The predicted octanol–water partition coefficient (Wildman–Crippen LogP) is 4.33. The SMILES string of the molecule is CCc1cccc(OCCC(C#N)c2ccc(OC)cc2)c1. The van der Waals surface area contributed by atoms with E-state index in [1.54, 1.807) is 7.11 Å². The van der Waals surface area contributed by atoms with E-state index >= 15 is 0 Å². The van der Waals surface area contributed by atoms with Crippen molar-refractivity contribution in [2.75, 3.05) is 13.7 Å². The van der Waals surface area contributed by atoms with E-state index in [-0.39, 0.29) is 5.92 Å². The Bertz CT molecular complexity index is 629. The normalized spacial score (nSPS) is 11.5. The number of aryl methyl sites for hydroxylation is 1. The van der Waals surface area contributed by atoms with E-state index in [0.29, 0.717) is 13.0 Å². The molecule has 2 aromatic carbocycles. The van der Waals surface area contributed by atoms with Gasteiger partial charge in [0.1, 0.15) is 11.5 Å². The van der Waals surface area contributed by atoms with Crippen molar-refractivity contribution in [3.05, 3.63) is 59.7 Å². The van der Waals surface area contributed by atoms with Gasteiger partial charge >= 0.3 is 0 Å². The Morgan fingerprint density at radius 3 is 2.50 bits per heavy atom. The van der Waals surface area contributed by atoms with Gasteiger partial charge in [0.25, 0.3) is 0 Å². The van der Waals surface area contributed by atoms with Crippen molar-refractivity contribution in [3.63, 3.8) is 0 Å². The van der Waals surface area contributed by atoms with Gasteiger partial charge in [-0.25, -0.2) is 0 Å². The van der Waals surface area contributed by atoms with E-state index in [9.17, 15) is 5.26 Å². The lowest BCUT2D eigenvalue weighted by Crippen LogP contribution is -2.04. The summed E-state index contributed by atoms with van der Waals surface area (Å²) in [7, 11) is 1.63. The van der Waals surface area contributed by atoms with Gasteiger partial charge in [0, 0.05) is 6.42 Å². The van der Waals surface area contributed by atoms with Crippen molar-refractivity contribution in [1.29, 1.82) is 5.26 Å². The van der Waals surface area contributed by atoms with Crippen molar-refractivity contribution in [1.82, 2.24) is 0 Å². The van der Waals surface area contributed by atoms with Gasteiger partial charge < -0.3 is 9.47 Å². The topological polar surface area (TPSA) is 42.2 Å². The molecule has 0 bridgehead atoms. The number of hydrogen-bond donors (Lipinski definition) is 0. The maximum Gasteiger partial charge on any atom is 0.119 e. The molecule has 1 atom stereocenters. The molecule has 0 aliphatic rings. The summed E-state index contributed by atoms with van der Waals surface area (Å²) in [5.74, 6) is 1.50. The zero-order valence-corrected chi connectivity index (χ0v) is 13.1. The second-order valence-electron chi connectivity index (χ2n) is 5.09. The van der Waals surface area contributed by atoms with Crippen LogP contribution in [0.4, 0.5) is 0 Å². The van der Waals surface area contributed by atoms with Crippen LogP contribution in [0.2, 0.25) is 0 Å². The number of hydrogen-bond acceptors (Lipinski definition) is 3. The summed E-state index contributed by atoms with van der Waals surface area (Å²) in [5.41, 5.74) is 2.25. The van der Waals surface area contributed by atoms with Gasteiger partial charge in [0.2, 0.25) is 0 Å². The number of rotatable bonds is 7. The largest absolute Gasteiger partial charge is 0.497 e. The van der Waals surface area contributed by atoms with Crippen LogP contribution in [0.3, 0.4) is 0 Å². The Balaban J connectivity index is 1.91. The van der Waals surface area contributed by atoms with Gasteiger partial charge in [-0.2, -0.15) is 5.26 Å². The lowest BCUT2D eigenvalue weighted by molar-refractivity contribution is 0.305. The van der Waals surface area contributed by atoms with E-state index in [1.165, 1.54) is 5.56 Å². The lowest BCUT2D eigenvalue weighted by atomic mass is 9.97. The summed E-state index contributed by atoms with van der Waals surface area (Å²) in [6, 6.07) is 18.1. The summed E-state index contributed by atoms with van der Waals surface area (Å²) >= 11 is 0. The minimum Gasteiger partial charge on any atom is -0.497 e. The highest BCUT2D eigenvalue weighted by Gasteiger charge is 2.11. The molecule has 0 aliphatic carbocycles. The summed E-state index contributed by atoms with van der Waals surface area (Å²) < 4.78 is 10.9. The first-order valence-corrected chi connectivity index (χ1v) is 7.52. The molecule has 0 saturated heterocycles. The fourth-order valence-electron chi connectivity index (χ4n) is 2.29. The van der Waals surface area contributed by atoms with E-state index in [0.717, 1.165) is 23.5 Å². The van der Waals surface area contributed by atoms with Crippen molar-refractivity contribution in [2.45, 2.75) is 25.7 Å². The maximum absolute atomic E-state index is 9.35. The molecule has 0 radical (unpaired) electrons. The molecule has 114 valence electrons. The second-order valence-corrected chi connectivity index (χ2v) is 5.09. The van der Waals surface area contributed by atoms with Gasteiger partial charge in [-0.1, -0.05) is 31.2 Å². The average molecular weight is 295 g/mol. The quantitative estimate of drug-likeness (QED) is 0.763. The average Bonchev–Trinajstić information content (AvgIpc) is 2.59. The number of methoxy groups -OCH3 is 1. The molecule has 0 saturated carbocycles. The van der Waals surface area contributed by atoms with Crippen LogP contribution in [0.1, 0.15) is 30.4 Å². The number of nitrogens with zero attached hydrogens (tertiary/aromatic N) is 1. The highest BCUT2D eigenvalue weighted by atomic mass is 16.5. The summed E-state index contributed by atoms with van der Waals surface area (Å²) in [5, 5.41) is 9.35. The number of nitriles is 1. The Kier molecular flexibility index (Phi) is 5.85. The number of benzene rings is 2. The molecule has 0 heterocycles. The van der Waals surface area contributed by atoms with Crippen LogP contribution in [0.15, 0.2) is 48.5 Å². The van der Waals surface area contributed by atoms with E-state index in [2.05, 4.69) is 25.1 Å².